The smallest absolute Gasteiger partial charge is 0.324 e. The van der Waals surface area contributed by atoms with Crippen molar-refractivity contribution in [3.05, 3.63) is 0 Å². The van der Waals surface area contributed by atoms with E-state index < -0.39 is 5.97 Å². The number of aliphatic carboxylic acids is 1. The van der Waals surface area contributed by atoms with Crippen LogP contribution in [0.15, 0.2) is 0 Å². The van der Waals surface area contributed by atoms with Gasteiger partial charge in [-0.05, 0) is 12.8 Å². The number of carbonyl (C=O) groups excluding carboxylic acids is 1. The summed E-state index contributed by atoms with van der Waals surface area (Å²) >= 11 is 4.86. The fourth-order valence-electron chi connectivity index (χ4n) is 1.29. The van der Waals surface area contributed by atoms with Gasteiger partial charge in [-0.1, -0.05) is 25.7 Å². The normalized spacial score (nSPS) is 9.93. The van der Waals surface area contributed by atoms with Gasteiger partial charge in [0.05, 0.1) is 0 Å². The Balaban J connectivity index is 3.05. The number of unbranched alkanes of at least 4 members (excludes halogenated alkanes) is 5. The Morgan fingerprint density at radius 3 is 1.87 bits per heavy atom. The van der Waals surface area contributed by atoms with Crippen LogP contribution in [-0.4, -0.2) is 17.0 Å². The van der Waals surface area contributed by atoms with Gasteiger partial charge in [0.15, 0.2) is 0 Å². The molecule has 4 nitrogen and oxygen atoms in total. The average Bonchev–Trinajstić information content (AvgIpc) is 2.21. The first kappa shape index (κ1) is 14.2. The molecule has 0 bridgehead atoms. The van der Waals surface area contributed by atoms with Crippen molar-refractivity contribution in [1.82, 2.24) is 0 Å². The topological polar surface area (TPSA) is 63.6 Å². The van der Waals surface area contributed by atoms with Crippen molar-refractivity contribution < 1.29 is 19.0 Å². The lowest BCUT2D eigenvalue weighted by atomic mass is 10.1. The highest BCUT2D eigenvalue weighted by Crippen LogP contribution is 2.09. The first-order valence-electron chi connectivity index (χ1n) is 5.20. The summed E-state index contributed by atoms with van der Waals surface area (Å²) in [4.78, 5) is 20.8. The van der Waals surface area contributed by atoms with Crippen LogP contribution in [0.25, 0.3) is 0 Å². The highest BCUT2D eigenvalue weighted by atomic mass is 35.5. The molecule has 0 spiro atoms. The molecule has 15 heavy (non-hydrogen) atoms. The minimum absolute atomic E-state index is 0.249. The van der Waals surface area contributed by atoms with Gasteiger partial charge >= 0.3 is 11.9 Å². The Hall–Kier alpha value is -0.770. The first-order chi connectivity index (χ1) is 7.16. The molecule has 0 rings (SSSR count). The van der Waals surface area contributed by atoms with E-state index >= 15 is 0 Å². The van der Waals surface area contributed by atoms with Crippen LogP contribution in [-0.2, 0) is 13.9 Å². The average molecular weight is 237 g/mol. The Morgan fingerprint density at radius 1 is 0.933 bits per heavy atom. The van der Waals surface area contributed by atoms with E-state index in [9.17, 15) is 9.59 Å². The summed E-state index contributed by atoms with van der Waals surface area (Å²) in [5.74, 6) is -1.12. The number of rotatable bonds is 9. The first-order valence-corrected chi connectivity index (χ1v) is 5.51. The lowest BCUT2D eigenvalue weighted by Gasteiger charge is -1.99. The van der Waals surface area contributed by atoms with E-state index in [1.165, 1.54) is 0 Å². The number of carboxylic acids is 1. The van der Waals surface area contributed by atoms with Gasteiger partial charge in [-0.3, -0.25) is 9.59 Å². The maximum Gasteiger partial charge on any atom is 0.324 e. The summed E-state index contributed by atoms with van der Waals surface area (Å²) in [6, 6.07) is 0. The van der Waals surface area contributed by atoms with Crippen molar-refractivity contribution in [3.8, 4) is 0 Å². The molecule has 88 valence electrons. The third kappa shape index (κ3) is 11.2. The van der Waals surface area contributed by atoms with E-state index in [1.54, 1.807) is 0 Å². The molecule has 0 aliphatic rings. The Bertz CT molecular complexity index is 194. The Morgan fingerprint density at radius 2 is 1.40 bits per heavy atom. The van der Waals surface area contributed by atoms with Gasteiger partial charge in [0.2, 0.25) is 0 Å². The van der Waals surface area contributed by atoms with E-state index in [1.807, 2.05) is 0 Å². The summed E-state index contributed by atoms with van der Waals surface area (Å²) in [6.07, 6.45) is 6.06. The maximum absolute atomic E-state index is 10.6. The van der Waals surface area contributed by atoms with Gasteiger partial charge < -0.3 is 9.40 Å². The molecule has 0 aliphatic carbocycles. The predicted molar refractivity (Wildman–Crippen MR) is 56.5 cm³/mol. The van der Waals surface area contributed by atoms with Crippen LogP contribution in [0.1, 0.15) is 51.4 Å². The largest absolute Gasteiger partial charge is 0.481 e. The second-order valence-corrected chi connectivity index (χ2v) is 3.62. The van der Waals surface area contributed by atoms with Crippen molar-refractivity contribution in [2.24, 2.45) is 0 Å². The van der Waals surface area contributed by atoms with Gasteiger partial charge in [0.1, 0.15) is 11.9 Å². The van der Waals surface area contributed by atoms with Gasteiger partial charge in [0, 0.05) is 12.8 Å². The van der Waals surface area contributed by atoms with Crippen molar-refractivity contribution in [1.29, 1.82) is 0 Å². The van der Waals surface area contributed by atoms with E-state index in [-0.39, 0.29) is 12.4 Å². The number of carbonyl (C=O) groups is 2. The molecule has 1 N–H and O–H groups in total. The molecular weight excluding hydrogens is 220 g/mol. The molecule has 0 atom stereocenters. The van der Waals surface area contributed by atoms with E-state index in [0.29, 0.717) is 6.42 Å². The minimum Gasteiger partial charge on any atom is -0.481 e. The van der Waals surface area contributed by atoms with Gasteiger partial charge in [-0.25, -0.2) is 0 Å². The van der Waals surface area contributed by atoms with Crippen molar-refractivity contribution in [3.63, 3.8) is 0 Å². The minimum atomic E-state index is -0.736. The second-order valence-electron chi connectivity index (χ2n) is 3.46. The molecule has 0 unspecified atom stereocenters. The Labute approximate surface area is 94.7 Å². The fourth-order valence-corrected chi connectivity index (χ4v) is 1.37. The molecule has 0 aliphatic heterocycles. The molecular formula is C10H17ClO4. The lowest BCUT2D eigenvalue weighted by molar-refractivity contribution is -0.137. The molecule has 0 heterocycles. The summed E-state index contributed by atoms with van der Waals surface area (Å²) in [7, 11) is 0. The van der Waals surface area contributed by atoms with E-state index in [0.717, 1.165) is 38.5 Å². The SMILES string of the molecule is O=C(O)CCCCCCCCC(=O)OCl. The number of hydrogen-bond donors (Lipinski definition) is 1. The predicted octanol–water partition coefficient (Wildman–Crippen LogP) is 2.89. The van der Waals surface area contributed by atoms with Crippen LogP contribution in [0.4, 0.5) is 0 Å². The summed E-state index contributed by atoms with van der Waals surface area (Å²) in [5.41, 5.74) is 0. The molecule has 0 fully saturated rings. The number of hydrogen-bond acceptors (Lipinski definition) is 3. The van der Waals surface area contributed by atoms with Crippen LogP contribution in [0.2, 0.25) is 0 Å². The van der Waals surface area contributed by atoms with E-state index in [2.05, 4.69) is 4.29 Å². The highest BCUT2D eigenvalue weighted by Gasteiger charge is 2.01. The lowest BCUT2D eigenvalue weighted by Crippen LogP contribution is -1.96. The molecule has 5 heteroatoms. The van der Waals surface area contributed by atoms with E-state index in [4.69, 9.17) is 17.0 Å². The summed E-state index contributed by atoms with van der Waals surface area (Å²) < 4.78 is 3.99. The van der Waals surface area contributed by atoms with Crippen LogP contribution < -0.4 is 0 Å². The highest BCUT2D eigenvalue weighted by molar-refractivity contribution is 6.13. The quantitative estimate of drug-likeness (QED) is 0.626. The van der Waals surface area contributed by atoms with Crippen LogP contribution >= 0.6 is 11.9 Å². The van der Waals surface area contributed by atoms with Crippen molar-refractivity contribution >= 4 is 23.8 Å². The molecule has 0 saturated heterocycles. The van der Waals surface area contributed by atoms with Crippen LogP contribution in [0, 0.1) is 0 Å². The van der Waals surface area contributed by atoms with Crippen molar-refractivity contribution in [2.75, 3.05) is 0 Å². The Kier molecular flexibility index (Phi) is 9.27. The van der Waals surface area contributed by atoms with Gasteiger partial charge in [-0.2, -0.15) is 0 Å². The maximum atomic E-state index is 10.6. The standard InChI is InChI=1S/C10H17ClO4/c11-15-10(14)8-6-4-2-1-3-5-7-9(12)13/h1-8H2,(H,12,13). The molecule has 0 aromatic heterocycles. The zero-order valence-electron chi connectivity index (χ0n) is 8.71. The third-order valence-electron chi connectivity index (χ3n) is 2.11. The van der Waals surface area contributed by atoms with Gasteiger partial charge in [0.25, 0.3) is 0 Å². The molecule has 0 amide bonds. The zero-order chi connectivity index (χ0) is 11.5. The van der Waals surface area contributed by atoms with Gasteiger partial charge in [-0.15, -0.1) is 0 Å². The fraction of sp³-hybridized carbons (Fsp3) is 0.800. The zero-order valence-corrected chi connectivity index (χ0v) is 9.46. The second kappa shape index (κ2) is 9.77. The molecule has 0 aromatic rings. The molecule has 0 radical (unpaired) electrons. The molecule has 0 aromatic carbocycles. The summed E-state index contributed by atoms with van der Waals surface area (Å²) in [6.45, 7) is 0. The number of carboxylic acid groups (broad SMARTS) is 1. The summed E-state index contributed by atoms with van der Waals surface area (Å²) in [5, 5.41) is 8.38. The van der Waals surface area contributed by atoms with Crippen LogP contribution in [0.3, 0.4) is 0 Å². The monoisotopic (exact) mass is 236 g/mol. The molecule has 0 saturated carbocycles. The van der Waals surface area contributed by atoms with Crippen molar-refractivity contribution in [2.45, 2.75) is 51.4 Å². The number of halogens is 1. The van der Waals surface area contributed by atoms with Crippen LogP contribution in [0.5, 0.6) is 0 Å². The third-order valence-corrected chi connectivity index (χ3v) is 2.28.